The van der Waals surface area contributed by atoms with Gasteiger partial charge in [0.15, 0.2) is 0 Å². The largest absolute Gasteiger partial charge is 0.407 e. The van der Waals surface area contributed by atoms with Crippen molar-refractivity contribution in [3.63, 3.8) is 0 Å². The quantitative estimate of drug-likeness (QED) is 0.782. The lowest BCUT2D eigenvalue weighted by atomic mass is 10.3. The summed E-state index contributed by atoms with van der Waals surface area (Å²) in [5.74, 6) is 0.632. The Morgan fingerprint density at radius 1 is 1.26 bits per heavy atom. The van der Waals surface area contributed by atoms with Crippen LogP contribution in [0.25, 0.3) is 0 Å². The van der Waals surface area contributed by atoms with Gasteiger partial charge in [0.25, 0.3) is 0 Å². The van der Waals surface area contributed by atoms with Crippen LogP contribution in [0.2, 0.25) is 0 Å². The third-order valence-electron chi connectivity index (χ3n) is 2.97. The van der Waals surface area contributed by atoms with Crippen molar-refractivity contribution in [3.05, 3.63) is 36.0 Å². The molecule has 2 N–H and O–H groups in total. The maximum absolute atomic E-state index is 5.48. The van der Waals surface area contributed by atoms with Crippen molar-refractivity contribution in [1.82, 2.24) is 20.5 Å². The second kappa shape index (κ2) is 5.79. The van der Waals surface area contributed by atoms with Gasteiger partial charge in [0.05, 0.1) is 6.54 Å². The topological polar surface area (TPSA) is 75.9 Å². The van der Waals surface area contributed by atoms with Crippen LogP contribution >= 0.6 is 0 Å². The summed E-state index contributed by atoms with van der Waals surface area (Å²) in [5.41, 5.74) is 1.05. The highest BCUT2D eigenvalue weighted by Gasteiger charge is 2.21. The van der Waals surface area contributed by atoms with E-state index in [1.54, 1.807) is 6.20 Å². The van der Waals surface area contributed by atoms with E-state index in [2.05, 4.69) is 25.8 Å². The first-order chi connectivity index (χ1) is 9.40. The Morgan fingerprint density at radius 2 is 2.21 bits per heavy atom. The van der Waals surface area contributed by atoms with E-state index in [0.29, 0.717) is 24.5 Å². The van der Waals surface area contributed by atoms with Gasteiger partial charge in [0, 0.05) is 30.9 Å². The number of rotatable bonds is 7. The van der Waals surface area contributed by atoms with Crippen LogP contribution in [0.1, 0.15) is 24.4 Å². The fraction of sp³-hybridized carbons (Fsp3) is 0.462. The van der Waals surface area contributed by atoms with E-state index < -0.39 is 0 Å². The third-order valence-corrected chi connectivity index (χ3v) is 2.97. The first-order valence-corrected chi connectivity index (χ1v) is 6.60. The molecule has 0 radical (unpaired) electrons. The Morgan fingerprint density at radius 3 is 3.00 bits per heavy atom. The van der Waals surface area contributed by atoms with Crippen molar-refractivity contribution in [1.29, 1.82) is 0 Å². The van der Waals surface area contributed by atoms with Crippen molar-refractivity contribution in [3.8, 4) is 0 Å². The van der Waals surface area contributed by atoms with Gasteiger partial charge in [0.1, 0.15) is 0 Å². The number of pyridine rings is 1. The minimum Gasteiger partial charge on any atom is -0.407 e. The number of nitrogens with zero attached hydrogens (tertiary/aromatic N) is 3. The summed E-state index contributed by atoms with van der Waals surface area (Å²) in [6, 6.07) is 7.02. The van der Waals surface area contributed by atoms with Gasteiger partial charge >= 0.3 is 6.01 Å². The van der Waals surface area contributed by atoms with Gasteiger partial charge in [-0.3, -0.25) is 4.98 Å². The minimum absolute atomic E-state index is 0.475. The molecule has 1 fully saturated rings. The molecule has 0 atom stereocenters. The lowest BCUT2D eigenvalue weighted by Crippen LogP contribution is -2.15. The zero-order valence-corrected chi connectivity index (χ0v) is 10.7. The zero-order valence-electron chi connectivity index (χ0n) is 10.7. The smallest absolute Gasteiger partial charge is 0.315 e. The van der Waals surface area contributed by atoms with Gasteiger partial charge in [0.2, 0.25) is 5.89 Å². The number of nitrogens with one attached hydrogen (secondary N) is 2. The number of hydrogen-bond donors (Lipinski definition) is 2. The monoisotopic (exact) mass is 259 g/mol. The van der Waals surface area contributed by atoms with Crippen LogP contribution < -0.4 is 10.6 Å². The molecule has 3 rings (SSSR count). The molecule has 0 saturated heterocycles. The molecule has 6 heteroatoms. The molecule has 0 amide bonds. The van der Waals surface area contributed by atoms with E-state index in [1.165, 1.54) is 12.8 Å². The number of hydrogen-bond acceptors (Lipinski definition) is 6. The summed E-state index contributed by atoms with van der Waals surface area (Å²) in [7, 11) is 0. The molecule has 100 valence electrons. The van der Waals surface area contributed by atoms with E-state index in [0.717, 1.165) is 18.7 Å². The fourth-order valence-corrected chi connectivity index (χ4v) is 1.76. The van der Waals surface area contributed by atoms with E-state index in [-0.39, 0.29) is 0 Å². The van der Waals surface area contributed by atoms with Crippen LogP contribution in [0.4, 0.5) is 6.01 Å². The van der Waals surface area contributed by atoms with Crippen LogP contribution in [0.15, 0.2) is 28.8 Å². The molecule has 0 aliphatic heterocycles. The molecular weight excluding hydrogens is 242 g/mol. The average Bonchev–Trinajstić information content (AvgIpc) is 3.17. The zero-order chi connectivity index (χ0) is 12.9. The Labute approximate surface area is 111 Å². The van der Waals surface area contributed by atoms with E-state index in [1.807, 2.05) is 18.2 Å². The Bertz CT molecular complexity index is 509. The van der Waals surface area contributed by atoms with Crippen LogP contribution in [-0.2, 0) is 13.0 Å². The highest BCUT2D eigenvalue weighted by molar-refractivity contribution is 5.17. The van der Waals surface area contributed by atoms with Gasteiger partial charge in [-0.25, -0.2) is 0 Å². The van der Waals surface area contributed by atoms with E-state index >= 15 is 0 Å². The average molecular weight is 259 g/mol. The summed E-state index contributed by atoms with van der Waals surface area (Å²) in [6.07, 6.45) is 5.13. The van der Waals surface area contributed by atoms with Crippen molar-refractivity contribution >= 4 is 6.01 Å². The maximum atomic E-state index is 5.48. The lowest BCUT2D eigenvalue weighted by molar-refractivity contribution is 0.476. The molecule has 0 spiro atoms. The Balaban J connectivity index is 1.42. The van der Waals surface area contributed by atoms with Gasteiger partial charge in [-0.05, 0) is 25.0 Å². The fourth-order valence-electron chi connectivity index (χ4n) is 1.76. The third kappa shape index (κ3) is 3.75. The second-order valence-electron chi connectivity index (χ2n) is 4.65. The summed E-state index contributed by atoms with van der Waals surface area (Å²) in [4.78, 5) is 4.25. The molecule has 1 saturated carbocycles. The summed E-state index contributed by atoms with van der Waals surface area (Å²) < 4.78 is 5.48. The first kappa shape index (κ1) is 12.1. The molecule has 2 aromatic heterocycles. The normalized spacial score (nSPS) is 14.5. The lowest BCUT2D eigenvalue weighted by Gasteiger charge is -2.00. The van der Waals surface area contributed by atoms with Crippen LogP contribution in [0, 0.1) is 0 Å². The molecular formula is C13H17N5O. The molecule has 0 unspecified atom stereocenters. The van der Waals surface area contributed by atoms with Gasteiger partial charge in [-0.1, -0.05) is 11.2 Å². The van der Waals surface area contributed by atoms with Crippen molar-refractivity contribution in [2.75, 3.05) is 11.9 Å². The molecule has 19 heavy (non-hydrogen) atoms. The van der Waals surface area contributed by atoms with Gasteiger partial charge < -0.3 is 15.1 Å². The SMILES string of the molecule is c1ccc(CCNc2nnc(CNC3CC3)o2)nc1. The summed E-state index contributed by atoms with van der Waals surface area (Å²) in [6.45, 7) is 1.38. The molecule has 1 aliphatic rings. The molecule has 6 nitrogen and oxygen atoms in total. The van der Waals surface area contributed by atoms with Gasteiger partial charge in [-0.15, -0.1) is 5.10 Å². The molecule has 1 aliphatic carbocycles. The molecule has 0 aromatic carbocycles. The van der Waals surface area contributed by atoms with Crippen molar-refractivity contribution < 1.29 is 4.42 Å². The van der Waals surface area contributed by atoms with E-state index in [9.17, 15) is 0 Å². The first-order valence-electron chi connectivity index (χ1n) is 6.60. The minimum atomic E-state index is 0.475. The van der Waals surface area contributed by atoms with Crippen LogP contribution in [0.5, 0.6) is 0 Å². The standard InChI is InChI=1S/C13H17N5O/c1-2-7-14-10(3-1)6-8-15-13-18-17-12(19-13)9-16-11-4-5-11/h1-3,7,11,16H,4-6,8-9H2,(H,15,18). The van der Waals surface area contributed by atoms with Crippen LogP contribution in [-0.4, -0.2) is 27.8 Å². The molecule has 2 aromatic rings. The highest BCUT2D eigenvalue weighted by Crippen LogP contribution is 2.19. The Kier molecular flexibility index (Phi) is 3.69. The van der Waals surface area contributed by atoms with Crippen molar-refractivity contribution in [2.45, 2.75) is 31.8 Å². The van der Waals surface area contributed by atoms with E-state index in [4.69, 9.17) is 4.42 Å². The molecule has 0 bridgehead atoms. The van der Waals surface area contributed by atoms with Gasteiger partial charge in [-0.2, -0.15) is 0 Å². The predicted octanol–water partition coefficient (Wildman–Crippen LogP) is 1.37. The maximum Gasteiger partial charge on any atom is 0.315 e. The second-order valence-corrected chi connectivity index (χ2v) is 4.65. The summed E-state index contributed by atoms with van der Waals surface area (Å²) >= 11 is 0. The summed E-state index contributed by atoms with van der Waals surface area (Å²) in [5, 5.41) is 14.4. The molecule has 2 heterocycles. The Hall–Kier alpha value is -1.95. The number of anilines is 1. The highest BCUT2D eigenvalue weighted by atomic mass is 16.4. The van der Waals surface area contributed by atoms with Crippen LogP contribution in [0.3, 0.4) is 0 Å². The number of aromatic nitrogens is 3. The van der Waals surface area contributed by atoms with Crippen molar-refractivity contribution in [2.24, 2.45) is 0 Å². The predicted molar refractivity (Wildman–Crippen MR) is 70.6 cm³/mol.